The summed E-state index contributed by atoms with van der Waals surface area (Å²) in [5, 5.41) is 3.35. The van der Waals surface area contributed by atoms with Gasteiger partial charge in [-0.1, -0.05) is 19.9 Å². The molecular weight excluding hydrogens is 278 g/mol. The van der Waals surface area contributed by atoms with Crippen molar-refractivity contribution in [3.8, 4) is 0 Å². The van der Waals surface area contributed by atoms with Crippen molar-refractivity contribution in [3.63, 3.8) is 0 Å². The zero-order chi connectivity index (χ0) is 14.6. The highest BCUT2D eigenvalue weighted by atomic mass is 32.2. The minimum absolute atomic E-state index is 0.228. The number of halogens is 4. The largest absolute Gasteiger partial charge is 0.419 e. The molecule has 0 heterocycles. The smallest absolute Gasteiger partial charge is 0.312 e. The third-order valence-corrected chi connectivity index (χ3v) is 3.84. The molecule has 1 unspecified atom stereocenters. The van der Waals surface area contributed by atoms with Gasteiger partial charge in [0.1, 0.15) is 5.82 Å². The van der Waals surface area contributed by atoms with Crippen LogP contribution in [0.4, 0.5) is 17.6 Å². The molecule has 1 aromatic rings. The van der Waals surface area contributed by atoms with E-state index in [1.54, 1.807) is 18.8 Å². The predicted molar refractivity (Wildman–Crippen MR) is 70.8 cm³/mol. The Labute approximate surface area is 114 Å². The van der Waals surface area contributed by atoms with Gasteiger partial charge in [-0.2, -0.15) is 24.9 Å². The zero-order valence-electron chi connectivity index (χ0n) is 11.0. The standard InChI is InChI=1S/C13H17F4NS/c1-8(2)19-7-12(18-3)9-4-5-11(14)10(6-9)13(15,16)17/h4-6,8,12,18H,7H2,1-3H3. The van der Waals surface area contributed by atoms with Gasteiger partial charge in [0, 0.05) is 11.8 Å². The van der Waals surface area contributed by atoms with Crippen molar-refractivity contribution in [2.24, 2.45) is 0 Å². The van der Waals surface area contributed by atoms with Gasteiger partial charge >= 0.3 is 6.18 Å². The second-order valence-electron chi connectivity index (χ2n) is 4.46. The Morgan fingerprint density at radius 3 is 2.37 bits per heavy atom. The maximum atomic E-state index is 13.2. The number of nitrogens with one attached hydrogen (secondary N) is 1. The van der Waals surface area contributed by atoms with Crippen LogP contribution in [0.25, 0.3) is 0 Å². The number of rotatable bonds is 5. The molecule has 0 radical (unpaired) electrons. The number of hydrogen-bond acceptors (Lipinski definition) is 2. The minimum Gasteiger partial charge on any atom is -0.312 e. The van der Waals surface area contributed by atoms with E-state index in [0.29, 0.717) is 16.6 Å². The highest BCUT2D eigenvalue weighted by Crippen LogP contribution is 2.33. The first-order valence-corrected chi connectivity index (χ1v) is 6.96. The lowest BCUT2D eigenvalue weighted by Gasteiger charge is -2.19. The van der Waals surface area contributed by atoms with E-state index in [0.717, 1.165) is 12.1 Å². The topological polar surface area (TPSA) is 12.0 Å². The van der Waals surface area contributed by atoms with Crippen molar-refractivity contribution in [3.05, 3.63) is 35.1 Å². The van der Waals surface area contributed by atoms with Gasteiger partial charge in [0.25, 0.3) is 0 Å². The van der Waals surface area contributed by atoms with E-state index in [1.165, 1.54) is 6.07 Å². The molecule has 0 aliphatic carbocycles. The molecular formula is C13H17F4NS. The van der Waals surface area contributed by atoms with E-state index in [-0.39, 0.29) is 6.04 Å². The normalized spacial score (nSPS) is 13.9. The molecule has 1 aromatic carbocycles. The summed E-state index contributed by atoms with van der Waals surface area (Å²) in [5.74, 6) is -0.598. The van der Waals surface area contributed by atoms with Crippen molar-refractivity contribution >= 4 is 11.8 Å². The molecule has 0 aromatic heterocycles. The molecule has 0 amide bonds. The van der Waals surface area contributed by atoms with E-state index in [1.807, 2.05) is 13.8 Å². The Bertz CT molecular complexity index is 418. The van der Waals surface area contributed by atoms with Crippen molar-refractivity contribution < 1.29 is 17.6 Å². The second kappa shape index (κ2) is 6.61. The van der Waals surface area contributed by atoms with Crippen molar-refractivity contribution in [2.45, 2.75) is 31.3 Å². The fourth-order valence-corrected chi connectivity index (χ4v) is 2.55. The first-order valence-electron chi connectivity index (χ1n) is 5.91. The summed E-state index contributed by atoms with van der Waals surface area (Å²) in [7, 11) is 1.68. The molecule has 0 bridgehead atoms. The SMILES string of the molecule is CNC(CSC(C)C)c1ccc(F)c(C(F)(F)F)c1. The highest BCUT2D eigenvalue weighted by Gasteiger charge is 2.34. The molecule has 0 saturated heterocycles. The monoisotopic (exact) mass is 295 g/mol. The lowest BCUT2D eigenvalue weighted by molar-refractivity contribution is -0.140. The van der Waals surface area contributed by atoms with Crippen molar-refractivity contribution in [1.82, 2.24) is 5.32 Å². The Balaban J connectivity index is 2.99. The maximum absolute atomic E-state index is 13.2. The molecule has 1 rings (SSSR count). The van der Waals surface area contributed by atoms with Gasteiger partial charge in [0.15, 0.2) is 0 Å². The maximum Gasteiger partial charge on any atom is 0.419 e. The summed E-state index contributed by atoms with van der Waals surface area (Å²) < 4.78 is 51.1. The molecule has 1 nitrogen and oxygen atoms in total. The Hall–Kier alpha value is -0.750. The first kappa shape index (κ1) is 16.3. The zero-order valence-corrected chi connectivity index (χ0v) is 11.8. The lowest BCUT2D eigenvalue weighted by Crippen LogP contribution is -2.20. The number of thioether (sulfide) groups is 1. The van der Waals surface area contributed by atoms with Crippen LogP contribution in [0.15, 0.2) is 18.2 Å². The van der Waals surface area contributed by atoms with Crippen LogP contribution in [0.2, 0.25) is 0 Å². The van der Waals surface area contributed by atoms with Gasteiger partial charge in [-0.3, -0.25) is 0 Å². The third kappa shape index (κ3) is 4.69. The van der Waals surface area contributed by atoms with Crippen LogP contribution < -0.4 is 5.32 Å². The van der Waals surface area contributed by atoms with Crippen LogP contribution in [0, 0.1) is 5.82 Å². The molecule has 1 atom stereocenters. The van der Waals surface area contributed by atoms with Crippen LogP contribution >= 0.6 is 11.8 Å². The summed E-state index contributed by atoms with van der Waals surface area (Å²) in [4.78, 5) is 0. The summed E-state index contributed by atoms with van der Waals surface area (Å²) in [5.41, 5.74) is -0.760. The quantitative estimate of drug-likeness (QED) is 0.815. The molecule has 0 saturated carbocycles. The Morgan fingerprint density at radius 2 is 1.89 bits per heavy atom. The summed E-state index contributed by atoms with van der Waals surface area (Å²) in [6, 6.07) is 2.93. The van der Waals surface area contributed by atoms with Gasteiger partial charge < -0.3 is 5.32 Å². The number of alkyl halides is 3. The van der Waals surface area contributed by atoms with Gasteiger partial charge in [0.2, 0.25) is 0 Å². The molecule has 1 N–H and O–H groups in total. The predicted octanol–water partition coefficient (Wildman–Crippen LogP) is 4.25. The van der Waals surface area contributed by atoms with Gasteiger partial charge in [-0.05, 0) is 30.0 Å². The van der Waals surface area contributed by atoms with Crippen molar-refractivity contribution in [1.29, 1.82) is 0 Å². The van der Waals surface area contributed by atoms with E-state index >= 15 is 0 Å². The van der Waals surface area contributed by atoms with Crippen LogP contribution in [0.1, 0.15) is 31.0 Å². The van der Waals surface area contributed by atoms with E-state index in [9.17, 15) is 17.6 Å². The van der Waals surface area contributed by atoms with Gasteiger partial charge in [-0.25, -0.2) is 4.39 Å². The molecule has 108 valence electrons. The van der Waals surface area contributed by atoms with Crippen LogP contribution in [-0.2, 0) is 6.18 Å². The van der Waals surface area contributed by atoms with E-state index < -0.39 is 17.6 Å². The highest BCUT2D eigenvalue weighted by molar-refractivity contribution is 7.99. The molecule has 6 heteroatoms. The van der Waals surface area contributed by atoms with Crippen LogP contribution in [-0.4, -0.2) is 18.1 Å². The summed E-state index contributed by atoms with van der Waals surface area (Å²) in [6.45, 7) is 4.03. The molecule has 0 aliphatic heterocycles. The first-order chi connectivity index (χ1) is 8.75. The Morgan fingerprint density at radius 1 is 1.26 bits per heavy atom. The fraction of sp³-hybridized carbons (Fsp3) is 0.538. The number of benzene rings is 1. The third-order valence-electron chi connectivity index (χ3n) is 2.64. The lowest BCUT2D eigenvalue weighted by atomic mass is 10.0. The van der Waals surface area contributed by atoms with Gasteiger partial charge in [0.05, 0.1) is 5.56 Å². The van der Waals surface area contributed by atoms with E-state index in [2.05, 4.69) is 5.32 Å². The number of hydrogen-bond donors (Lipinski definition) is 1. The fourth-order valence-electron chi connectivity index (χ4n) is 1.61. The molecule has 0 aliphatic rings. The van der Waals surface area contributed by atoms with Gasteiger partial charge in [-0.15, -0.1) is 0 Å². The molecule has 0 spiro atoms. The van der Waals surface area contributed by atoms with Crippen LogP contribution in [0.3, 0.4) is 0 Å². The second-order valence-corrected chi connectivity index (χ2v) is 6.07. The Kier molecular flexibility index (Phi) is 5.67. The average Bonchev–Trinajstić information content (AvgIpc) is 2.29. The summed E-state index contributed by atoms with van der Waals surface area (Å²) >= 11 is 1.64. The molecule has 19 heavy (non-hydrogen) atoms. The average molecular weight is 295 g/mol. The summed E-state index contributed by atoms with van der Waals surface area (Å²) in [6.07, 6.45) is -4.66. The minimum atomic E-state index is -4.66. The van der Waals surface area contributed by atoms with Crippen LogP contribution in [0.5, 0.6) is 0 Å². The molecule has 0 fully saturated rings. The van der Waals surface area contributed by atoms with Crippen molar-refractivity contribution in [2.75, 3.05) is 12.8 Å². The van der Waals surface area contributed by atoms with E-state index in [4.69, 9.17) is 0 Å².